The van der Waals surface area contributed by atoms with Gasteiger partial charge in [-0.25, -0.2) is 13.8 Å². The highest BCUT2D eigenvalue weighted by atomic mass is 19.3. The number of hydrogen-bond donors (Lipinski definition) is 1. The molecule has 1 N–H and O–H groups in total. The lowest BCUT2D eigenvalue weighted by Gasteiger charge is -2.09. The molecule has 148 valence electrons. The van der Waals surface area contributed by atoms with Gasteiger partial charge in [0.15, 0.2) is 0 Å². The number of hydrogen-bond acceptors (Lipinski definition) is 5. The zero-order valence-corrected chi connectivity index (χ0v) is 15.5. The second-order valence-electron chi connectivity index (χ2n) is 6.50. The first kappa shape index (κ1) is 18.7. The van der Waals surface area contributed by atoms with Crippen molar-refractivity contribution in [3.8, 4) is 11.4 Å². The average molecular weight is 397 g/mol. The first-order chi connectivity index (χ1) is 14.0. The molecule has 1 aromatic carbocycles. The van der Waals surface area contributed by atoms with Gasteiger partial charge in [-0.15, -0.1) is 0 Å². The third-order valence-electron chi connectivity index (χ3n) is 4.44. The van der Waals surface area contributed by atoms with Crippen LogP contribution in [0.4, 0.5) is 14.5 Å². The van der Waals surface area contributed by atoms with E-state index in [1.807, 2.05) is 31.2 Å². The van der Waals surface area contributed by atoms with Crippen molar-refractivity contribution in [2.45, 2.75) is 26.2 Å². The Bertz CT molecular complexity index is 1170. The Labute approximate surface area is 164 Å². The summed E-state index contributed by atoms with van der Waals surface area (Å²) < 4.78 is 31.4. The highest BCUT2D eigenvalue weighted by Crippen LogP contribution is 2.24. The standard InChI is InChI=1S/C20H17F2N5O2/c1-12-5-6-13(19-25-18(29-26-19)8-7-16(21)22)10-14(12)24-20(28)15-11-23-17-4-2-3-9-27(15)17/h2-6,9-11,16H,7-8H2,1H3,(H,24,28). The first-order valence-electron chi connectivity index (χ1n) is 8.96. The SMILES string of the molecule is Cc1ccc(-c2noc(CCC(F)F)n2)cc1NC(=O)c1cnc2ccccn12. The van der Waals surface area contributed by atoms with Gasteiger partial charge in [0, 0.05) is 30.3 Å². The molecular weight excluding hydrogens is 380 g/mol. The fourth-order valence-corrected chi connectivity index (χ4v) is 2.89. The van der Waals surface area contributed by atoms with E-state index in [-0.39, 0.29) is 30.5 Å². The summed E-state index contributed by atoms with van der Waals surface area (Å²) >= 11 is 0. The number of aromatic nitrogens is 4. The number of pyridine rings is 1. The predicted octanol–water partition coefficient (Wildman–Crippen LogP) is 4.14. The summed E-state index contributed by atoms with van der Waals surface area (Å²) in [5.74, 6) is 0.117. The Morgan fingerprint density at radius 2 is 2.14 bits per heavy atom. The van der Waals surface area contributed by atoms with Crippen LogP contribution in [0.25, 0.3) is 17.0 Å². The third-order valence-corrected chi connectivity index (χ3v) is 4.44. The monoisotopic (exact) mass is 397 g/mol. The van der Waals surface area contributed by atoms with Crippen LogP contribution in [-0.2, 0) is 6.42 Å². The van der Waals surface area contributed by atoms with Crippen LogP contribution in [0.15, 0.2) is 53.3 Å². The van der Waals surface area contributed by atoms with E-state index in [2.05, 4.69) is 20.4 Å². The number of rotatable bonds is 6. The summed E-state index contributed by atoms with van der Waals surface area (Å²) in [7, 11) is 0. The molecule has 3 aromatic heterocycles. The normalized spacial score (nSPS) is 11.3. The van der Waals surface area contributed by atoms with Crippen LogP contribution in [0.2, 0.25) is 0 Å². The molecule has 0 saturated heterocycles. The van der Waals surface area contributed by atoms with Gasteiger partial charge in [-0.05, 0) is 30.7 Å². The van der Waals surface area contributed by atoms with Crippen molar-refractivity contribution >= 4 is 17.2 Å². The number of aryl methyl sites for hydroxylation is 2. The molecule has 0 fully saturated rings. The lowest BCUT2D eigenvalue weighted by atomic mass is 10.1. The summed E-state index contributed by atoms with van der Waals surface area (Å²) in [5, 5.41) is 6.72. The summed E-state index contributed by atoms with van der Waals surface area (Å²) in [5.41, 5.74) is 3.11. The van der Waals surface area contributed by atoms with Gasteiger partial charge in [0.2, 0.25) is 18.1 Å². The number of imidazole rings is 1. The van der Waals surface area contributed by atoms with Crippen molar-refractivity contribution in [1.82, 2.24) is 19.5 Å². The van der Waals surface area contributed by atoms with Crippen LogP contribution in [-0.4, -0.2) is 31.9 Å². The second kappa shape index (κ2) is 7.78. The Kier molecular flexibility index (Phi) is 5.03. The molecule has 4 aromatic rings. The number of anilines is 1. The van der Waals surface area contributed by atoms with E-state index in [4.69, 9.17) is 4.52 Å². The topological polar surface area (TPSA) is 85.3 Å². The molecule has 0 aliphatic carbocycles. The Hall–Kier alpha value is -3.62. The van der Waals surface area contributed by atoms with Crippen molar-refractivity contribution in [3.63, 3.8) is 0 Å². The third kappa shape index (κ3) is 3.98. The van der Waals surface area contributed by atoms with E-state index in [0.29, 0.717) is 22.6 Å². The molecule has 0 aliphatic rings. The highest BCUT2D eigenvalue weighted by molar-refractivity contribution is 6.04. The van der Waals surface area contributed by atoms with Crippen molar-refractivity contribution in [2.24, 2.45) is 0 Å². The summed E-state index contributed by atoms with van der Waals surface area (Å²) in [6.07, 6.45) is 0.523. The van der Waals surface area contributed by atoms with Crippen LogP contribution in [0.3, 0.4) is 0 Å². The van der Waals surface area contributed by atoms with E-state index < -0.39 is 6.43 Å². The number of benzene rings is 1. The Balaban J connectivity index is 1.56. The molecule has 0 spiro atoms. The maximum Gasteiger partial charge on any atom is 0.274 e. The number of carbonyl (C=O) groups is 1. The fourth-order valence-electron chi connectivity index (χ4n) is 2.89. The number of nitrogens with one attached hydrogen (secondary N) is 1. The molecule has 3 heterocycles. The van der Waals surface area contributed by atoms with Crippen LogP contribution >= 0.6 is 0 Å². The Morgan fingerprint density at radius 1 is 1.28 bits per heavy atom. The van der Waals surface area contributed by atoms with E-state index in [0.717, 1.165) is 5.56 Å². The van der Waals surface area contributed by atoms with E-state index in [1.165, 1.54) is 6.20 Å². The smallest absolute Gasteiger partial charge is 0.274 e. The van der Waals surface area contributed by atoms with Gasteiger partial charge >= 0.3 is 0 Å². The van der Waals surface area contributed by atoms with Gasteiger partial charge < -0.3 is 9.84 Å². The van der Waals surface area contributed by atoms with Crippen LogP contribution < -0.4 is 5.32 Å². The number of nitrogens with zero attached hydrogens (tertiary/aromatic N) is 4. The molecule has 0 saturated carbocycles. The van der Waals surface area contributed by atoms with Gasteiger partial charge in [-0.1, -0.05) is 23.4 Å². The maximum atomic E-state index is 12.7. The first-order valence-corrected chi connectivity index (χ1v) is 8.96. The molecule has 4 rings (SSSR count). The summed E-state index contributed by atoms with van der Waals surface area (Å²) in [6.45, 7) is 1.86. The van der Waals surface area contributed by atoms with E-state index in [1.54, 1.807) is 22.7 Å². The lowest BCUT2D eigenvalue weighted by Crippen LogP contribution is -2.15. The lowest BCUT2D eigenvalue weighted by molar-refractivity contribution is 0.102. The minimum Gasteiger partial charge on any atom is -0.339 e. The van der Waals surface area contributed by atoms with E-state index >= 15 is 0 Å². The molecule has 1 amide bonds. The fraction of sp³-hybridized carbons (Fsp3) is 0.200. The predicted molar refractivity (Wildman–Crippen MR) is 102 cm³/mol. The van der Waals surface area contributed by atoms with Crippen molar-refractivity contribution in [3.05, 3.63) is 65.9 Å². The highest BCUT2D eigenvalue weighted by Gasteiger charge is 2.16. The molecule has 0 atom stereocenters. The molecule has 7 nitrogen and oxygen atoms in total. The molecule has 0 bridgehead atoms. The number of carbonyl (C=O) groups excluding carboxylic acids is 1. The number of halogens is 2. The molecule has 9 heteroatoms. The summed E-state index contributed by atoms with van der Waals surface area (Å²) in [4.78, 5) is 21.1. The number of alkyl halides is 2. The second-order valence-corrected chi connectivity index (χ2v) is 6.50. The van der Waals surface area contributed by atoms with Gasteiger partial charge in [0.25, 0.3) is 5.91 Å². The van der Waals surface area contributed by atoms with Gasteiger partial charge in [-0.2, -0.15) is 4.98 Å². The van der Waals surface area contributed by atoms with Gasteiger partial charge in [-0.3, -0.25) is 9.20 Å². The average Bonchev–Trinajstić information content (AvgIpc) is 3.35. The quantitative estimate of drug-likeness (QED) is 0.528. The van der Waals surface area contributed by atoms with Crippen LogP contribution in [0.5, 0.6) is 0 Å². The molecule has 0 radical (unpaired) electrons. The van der Waals surface area contributed by atoms with Crippen LogP contribution in [0.1, 0.15) is 28.4 Å². The van der Waals surface area contributed by atoms with Gasteiger partial charge in [0.1, 0.15) is 11.3 Å². The minimum atomic E-state index is -2.42. The molecular formula is C20H17F2N5O2. The van der Waals surface area contributed by atoms with Gasteiger partial charge in [0.05, 0.1) is 6.20 Å². The van der Waals surface area contributed by atoms with Crippen molar-refractivity contribution in [2.75, 3.05) is 5.32 Å². The van der Waals surface area contributed by atoms with E-state index in [9.17, 15) is 13.6 Å². The molecule has 29 heavy (non-hydrogen) atoms. The zero-order chi connectivity index (χ0) is 20.4. The largest absolute Gasteiger partial charge is 0.339 e. The summed E-state index contributed by atoms with van der Waals surface area (Å²) in [6, 6.07) is 10.8. The van der Waals surface area contributed by atoms with Crippen molar-refractivity contribution < 1.29 is 18.1 Å². The molecule has 0 unspecified atom stereocenters. The number of amides is 1. The molecule has 0 aliphatic heterocycles. The Morgan fingerprint density at radius 3 is 2.97 bits per heavy atom. The number of fused-ring (bicyclic) bond motifs is 1. The minimum absolute atomic E-state index is 0.00834. The maximum absolute atomic E-state index is 12.7. The van der Waals surface area contributed by atoms with Crippen LogP contribution in [0, 0.1) is 6.92 Å². The van der Waals surface area contributed by atoms with Crippen molar-refractivity contribution in [1.29, 1.82) is 0 Å². The zero-order valence-electron chi connectivity index (χ0n) is 15.5.